The first-order valence-corrected chi connectivity index (χ1v) is 9.86. The highest BCUT2D eigenvalue weighted by Crippen LogP contribution is 2.23. The van der Waals surface area contributed by atoms with Gasteiger partial charge in [-0.25, -0.2) is 0 Å². The predicted molar refractivity (Wildman–Crippen MR) is 112 cm³/mol. The van der Waals surface area contributed by atoms with Crippen LogP contribution in [0.4, 0.5) is 0 Å². The van der Waals surface area contributed by atoms with Gasteiger partial charge in [-0.15, -0.1) is 0 Å². The fraction of sp³-hybridized carbons (Fsp3) is 0.348. The number of aromatic nitrogens is 1. The Bertz CT molecular complexity index is 959. The molecule has 2 heterocycles. The molecule has 3 aromatic rings. The number of hydrogen-bond acceptors (Lipinski definition) is 3. The molecule has 0 spiro atoms. The molecule has 1 saturated heterocycles. The van der Waals surface area contributed by atoms with Gasteiger partial charge in [0, 0.05) is 41.8 Å². The normalized spacial score (nSPS) is 16.2. The van der Waals surface area contributed by atoms with Crippen LogP contribution in [0.3, 0.4) is 0 Å². The molecule has 5 nitrogen and oxygen atoms in total. The van der Waals surface area contributed by atoms with Gasteiger partial charge in [0.2, 0.25) is 0 Å². The Hall–Kier alpha value is -2.63. The van der Waals surface area contributed by atoms with E-state index in [1.165, 1.54) is 5.56 Å². The Kier molecular flexibility index (Phi) is 5.46. The third-order valence-corrected chi connectivity index (χ3v) is 5.62. The van der Waals surface area contributed by atoms with E-state index in [0.717, 1.165) is 55.0 Å². The molecule has 2 aromatic carbocycles. The van der Waals surface area contributed by atoms with E-state index >= 15 is 0 Å². The van der Waals surface area contributed by atoms with E-state index in [0.29, 0.717) is 5.56 Å². The number of ether oxygens (including phenoxy) is 1. The van der Waals surface area contributed by atoms with Crippen molar-refractivity contribution in [2.75, 3.05) is 32.8 Å². The van der Waals surface area contributed by atoms with Crippen molar-refractivity contribution in [2.45, 2.75) is 19.9 Å². The van der Waals surface area contributed by atoms with Crippen LogP contribution in [0, 0.1) is 13.8 Å². The second-order valence-corrected chi connectivity index (χ2v) is 7.49. The molecule has 1 atom stereocenters. The summed E-state index contributed by atoms with van der Waals surface area (Å²) in [5, 5.41) is 4.36. The van der Waals surface area contributed by atoms with Gasteiger partial charge in [0.05, 0.1) is 19.3 Å². The van der Waals surface area contributed by atoms with Crippen LogP contribution < -0.4 is 5.32 Å². The van der Waals surface area contributed by atoms with Gasteiger partial charge in [0.25, 0.3) is 5.91 Å². The first-order valence-electron chi connectivity index (χ1n) is 9.86. The number of aryl methyl sites for hydroxylation is 2. The van der Waals surface area contributed by atoms with Crippen molar-refractivity contribution >= 4 is 16.8 Å². The van der Waals surface area contributed by atoms with Gasteiger partial charge < -0.3 is 15.0 Å². The molecule has 1 aliphatic heterocycles. The number of H-pyrrole nitrogens is 1. The van der Waals surface area contributed by atoms with E-state index in [1.54, 1.807) is 0 Å². The van der Waals surface area contributed by atoms with Gasteiger partial charge in [-0.3, -0.25) is 9.69 Å². The SMILES string of the molecule is Cc1[nH]c2ccc(C(=O)N[C@H](CN3CCOCC3)c3ccccc3)cc2c1C. The fourth-order valence-electron chi connectivity index (χ4n) is 3.81. The Morgan fingerprint density at radius 2 is 1.89 bits per heavy atom. The quantitative estimate of drug-likeness (QED) is 0.714. The summed E-state index contributed by atoms with van der Waals surface area (Å²) in [5.41, 5.74) is 5.22. The molecule has 1 amide bonds. The fourth-order valence-corrected chi connectivity index (χ4v) is 3.81. The third kappa shape index (κ3) is 3.96. The number of nitrogens with zero attached hydrogens (tertiary/aromatic N) is 1. The average molecular weight is 377 g/mol. The van der Waals surface area contributed by atoms with Gasteiger partial charge in [-0.2, -0.15) is 0 Å². The van der Waals surface area contributed by atoms with Crippen LogP contribution in [0.5, 0.6) is 0 Å². The molecule has 5 heteroatoms. The summed E-state index contributed by atoms with van der Waals surface area (Å²) in [5.74, 6) is -0.0396. The zero-order chi connectivity index (χ0) is 19.5. The minimum Gasteiger partial charge on any atom is -0.379 e. The van der Waals surface area contributed by atoms with Crippen molar-refractivity contribution in [1.29, 1.82) is 0 Å². The monoisotopic (exact) mass is 377 g/mol. The van der Waals surface area contributed by atoms with E-state index in [9.17, 15) is 4.79 Å². The van der Waals surface area contributed by atoms with Crippen molar-refractivity contribution in [3.63, 3.8) is 0 Å². The number of fused-ring (bicyclic) bond motifs is 1. The Morgan fingerprint density at radius 3 is 2.64 bits per heavy atom. The number of rotatable bonds is 5. The largest absolute Gasteiger partial charge is 0.379 e. The van der Waals surface area contributed by atoms with Gasteiger partial charge in [-0.05, 0) is 43.2 Å². The van der Waals surface area contributed by atoms with Crippen molar-refractivity contribution < 1.29 is 9.53 Å². The Balaban J connectivity index is 1.56. The number of benzene rings is 2. The van der Waals surface area contributed by atoms with Crippen LogP contribution in [-0.2, 0) is 4.74 Å². The van der Waals surface area contributed by atoms with Crippen molar-refractivity contribution in [2.24, 2.45) is 0 Å². The summed E-state index contributed by atoms with van der Waals surface area (Å²) in [4.78, 5) is 18.8. The van der Waals surface area contributed by atoms with Crippen molar-refractivity contribution in [3.05, 3.63) is 70.9 Å². The molecule has 1 fully saturated rings. The molecule has 146 valence electrons. The van der Waals surface area contributed by atoms with Gasteiger partial charge in [0.15, 0.2) is 0 Å². The number of carbonyl (C=O) groups excluding carboxylic acids is 1. The van der Waals surface area contributed by atoms with E-state index < -0.39 is 0 Å². The second-order valence-electron chi connectivity index (χ2n) is 7.49. The number of morpholine rings is 1. The minimum atomic E-state index is -0.0587. The second kappa shape index (κ2) is 8.17. The number of amides is 1. The smallest absolute Gasteiger partial charge is 0.251 e. The predicted octanol–water partition coefficient (Wildman–Crippen LogP) is 3.59. The highest BCUT2D eigenvalue weighted by Gasteiger charge is 2.21. The summed E-state index contributed by atoms with van der Waals surface area (Å²) in [6.45, 7) is 8.21. The third-order valence-electron chi connectivity index (χ3n) is 5.62. The molecule has 0 saturated carbocycles. The number of nitrogens with one attached hydrogen (secondary N) is 2. The van der Waals surface area contributed by atoms with Crippen LogP contribution in [0.2, 0.25) is 0 Å². The van der Waals surface area contributed by atoms with E-state index in [4.69, 9.17) is 4.74 Å². The van der Waals surface area contributed by atoms with Crippen LogP contribution in [0.1, 0.15) is 33.2 Å². The number of carbonyl (C=O) groups is 1. The van der Waals surface area contributed by atoms with Crippen LogP contribution in [-0.4, -0.2) is 48.6 Å². The zero-order valence-corrected chi connectivity index (χ0v) is 16.5. The maximum Gasteiger partial charge on any atom is 0.251 e. The highest BCUT2D eigenvalue weighted by molar-refractivity contribution is 5.99. The van der Waals surface area contributed by atoms with Crippen molar-refractivity contribution in [3.8, 4) is 0 Å². The molecule has 0 aliphatic carbocycles. The molecule has 1 aliphatic rings. The number of aromatic amines is 1. The van der Waals surface area contributed by atoms with E-state index in [-0.39, 0.29) is 11.9 Å². The lowest BCUT2D eigenvalue weighted by Crippen LogP contribution is -2.43. The Morgan fingerprint density at radius 1 is 1.14 bits per heavy atom. The highest BCUT2D eigenvalue weighted by atomic mass is 16.5. The maximum absolute atomic E-state index is 13.1. The molecule has 28 heavy (non-hydrogen) atoms. The Labute approximate surface area is 165 Å². The minimum absolute atomic E-state index is 0.0396. The first kappa shape index (κ1) is 18.7. The molecular weight excluding hydrogens is 350 g/mol. The van der Waals surface area contributed by atoms with E-state index in [1.807, 2.05) is 36.4 Å². The van der Waals surface area contributed by atoms with Crippen LogP contribution in [0.25, 0.3) is 10.9 Å². The molecule has 2 N–H and O–H groups in total. The first-order chi connectivity index (χ1) is 13.6. The maximum atomic E-state index is 13.1. The summed E-state index contributed by atoms with van der Waals surface area (Å²) < 4.78 is 5.46. The summed E-state index contributed by atoms with van der Waals surface area (Å²) in [6, 6.07) is 16.0. The van der Waals surface area contributed by atoms with E-state index in [2.05, 4.69) is 41.2 Å². The van der Waals surface area contributed by atoms with Gasteiger partial charge in [-0.1, -0.05) is 30.3 Å². The summed E-state index contributed by atoms with van der Waals surface area (Å²) in [7, 11) is 0. The summed E-state index contributed by atoms with van der Waals surface area (Å²) in [6.07, 6.45) is 0. The molecule has 0 bridgehead atoms. The lowest BCUT2D eigenvalue weighted by molar-refractivity contribution is 0.0332. The lowest BCUT2D eigenvalue weighted by Gasteiger charge is -2.31. The van der Waals surface area contributed by atoms with Crippen LogP contribution in [0.15, 0.2) is 48.5 Å². The summed E-state index contributed by atoms with van der Waals surface area (Å²) >= 11 is 0. The van der Waals surface area contributed by atoms with Gasteiger partial charge in [0.1, 0.15) is 0 Å². The molecule has 4 rings (SSSR count). The molecule has 0 unspecified atom stereocenters. The topological polar surface area (TPSA) is 57.4 Å². The van der Waals surface area contributed by atoms with Gasteiger partial charge >= 0.3 is 0 Å². The van der Waals surface area contributed by atoms with Crippen LogP contribution >= 0.6 is 0 Å². The van der Waals surface area contributed by atoms with Crippen molar-refractivity contribution in [1.82, 2.24) is 15.2 Å². The molecular formula is C23H27N3O2. The number of hydrogen-bond donors (Lipinski definition) is 2. The average Bonchev–Trinajstić information content (AvgIpc) is 3.02. The zero-order valence-electron chi connectivity index (χ0n) is 16.5. The molecule has 0 radical (unpaired) electrons. The molecule has 1 aromatic heterocycles. The standard InChI is InChI=1S/C23H27N3O2/c1-16-17(2)24-21-9-8-19(14-20(16)21)23(27)25-22(18-6-4-3-5-7-18)15-26-10-12-28-13-11-26/h3-9,14,22,24H,10-13,15H2,1-2H3,(H,25,27)/t22-/m1/s1. The lowest BCUT2D eigenvalue weighted by atomic mass is 10.0.